The van der Waals surface area contributed by atoms with Crippen LogP contribution in [0.1, 0.15) is 0 Å². The van der Waals surface area contributed by atoms with E-state index in [1.807, 2.05) is 35.2 Å². The lowest BCUT2D eigenvalue weighted by Crippen LogP contribution is -3.00. The highest BCUT2D eigenvalue weighted by molar-refractivity contribution is 9.08. The predicted molar refractivity (Wildman–Crippen MR) is 35.6 cm³/mol. The molecule has 50 valence electrons. The molecule has 0 aliphatic carbocycles. The Kier molecular flexibility index (Phi) is 5.00. The lowest BCUT2D eigenvalue weighted by atomic mass is 10.5. The molecular weight excluding hydrogens is 246 g/mol. The smallest absolute Gasteiger partial charge is 0.202 e. The van der Waals surface area contributed by atoms with Crippen LogP contribution < -0.4 is 21.5 Å². The van der Waals surface area contributed by atoms with E-state index in [0.717, 1.165) is 5.45 Å². The van der Waals surface area contributed by atoms with Gasteiger partial charge in [-0.3, -0.25) is 0 Å². The molecule has 1 rings (SSSR count). The Morgan fingerprint density at radius 1 is 1.11 bits per heavy atom. The third-order valence-corrected chi connectivity index (χ3v) is 1.49. The van der Waals surface area contributed by atoms with Crippen LogP contribution in [-0.4, -0.2) is 0 Å². The molecule has 0 unspecified atom stereocenters. The number of halogens is 2. The summed E-state index contributed by atoms with van der Waals surface area (Å²) >= 11 is 3.32. The topological polar surface area (TPSA) is 3.88 Å². The van der Waals surface area contributed by atoms with Crippen LogP contribution in [0.5, 0.6) is 0 Å². The van der Waals surface area contributed by atoms with Gasteiger partial charge in [0.15, 0.2) is 12.4 Å². The molecule has 0 aliphatic rings. The molecular formula is C6H7Br2N. The van der Waals surface area contributed by atoms with Crippen molar-refractivity contribution in [1.29, 1.82) is 0 Å². The fraction of sp³-hybridized carbons (Fsp3) is 0.167. The van der Waals surface area contributed by atoms with Gasteiger partial charge in [-0.25, -0.2) is 0 Å². The van der Waals surface area contributed by atoms with Gasteiger partial charge in [-0.2, -0.15) is 4.57 Å². The van der Waals surface area contributed by atoms with E-state index in [1.54, 1.807) is 0 Å². The molecule has 0 saturated carbocycles. The summed E-state index contributed by atoms with van der Waals surface area (Å²) in [6.45, 7) is 0. The van der Waals surface area contributed by atoms with Crippen LogP contribution in [0.4, 0.5) is 0 Å². The Balaban J connectivity index is 0.000000640. The van der Waals surface area contributed by atoms with E-state index in [4.69, 9.17) is 0 Å². The third-order valence-electron chi connectivity index (χ3n) is 0.915. The zero-order chi connectivity index (χ0) is 5.82. The molecule has 1 nitrogen and oxygen atoms in total. The van der Waals surface area contributed by atoms with E-state index >= 15 is 0 Å². The molecule has 1 aromatic heterocycles. The second-order valence-corrected chi connectivity index (χ2v) is 2.01. The van der Waals surface area contributed by atoms with Crippen molar-refractivity contribution in [2.45, 2.75) is 5.45 Å². The molecule has 0 aromatic carbocycles. The zero-order valence-electron chi connectivity index (χ0n) is 4.80. The highest BCUT2D eigenvalue weighted by Gasteiger charge is 1.87. The second-order valence-electron chi connectivity index (χ2n) is 1.51. The first-order chi connectivity index (χ1) is 3.93. The summed E-state index contributed by atoms with van der Waals surface area (Å²) in [6.07, 6.45) is 4.02. The van der Waals surface area contributed by atoms with Gasteiger partial charge in [0.05, 0.1) is 0 Å². The molecule has 9 heavy (non-hydrogen) atoms. The molecule has 3 heteroatoms. The van der Waals surface area contributed by atoms with Crippen molar-refractivity contribution in [2.75, 3.05) is 0 Å². The first kappa shape index (κ1) is 9.11. The second kappa shape index (κ2) is 4.94. The minimum Gasteiger partial charge on any atom is -1.00 e. The summed E-state index contributed by atoms with van der Waals surface area (Å²) in [4.78, 5) is 0. The summed E-state index contributed by atoms with van der Waals surface area (Å²) in [5.41, 5.74) is 0.869. The van der Waals surface area contributed by atoms with Gasteiger partial charge in [-0.1, -0.05) is 6.07 Å². The molecule has 0 N–H and O–H groups in total. The molecule has 1 heterocycles. The summed E-state index contributed by atoms with van der Waals surface area (Å²) in [5.74, 6) is 0. The monoisotopic (exact) mass is 251 g/mol. The van der Waals surface area contributed by atoms with Crippen LogP contribution in [0.2, 0.25) is 0 Å². The summed E-state index contributed by atoms with van der Waals surface area (Å²) < 4.78 is 2.04. The van der Waals surface area contributed by atoms with Crippen molar-refractivity contribution in [2.24, 2.45) is 0 Å². The van der Waals surface area contributed by atoms with Gasteiger partial charge < -0.3 is 17.0 Å². The van der Waals surface area contributed by atoms with E-state index in [9.17, 15) is 0 Å². The number of rotatable bonds is 1. The Morgan fingerprint density at radius 3 is 2.00 bits per heavy atom. The van der Waals surface area contributed by atoms with Crippen LogP contribution >= 0.6 is 15.9 Å². The van der Waals surface area contributed by atoms with Gasteiger partial charge in [-0.15, -0.1) is 0 Å². The van der Waals surface area contributed by atoms with Gasteiger partial charge in [0.25, 0.3) is 0 Å². The molecule has 0 fully saturated rings. The highest BCUT2D eigenvalue weighted by atomic mass is 79.9. The van der Waals surface area contributed by atoms with Crippen LogP contribution in [0, 0.1) is 0 Å². The first-order valence-corrected chi connectivity index (χ1v) is 3.55. The number of pyridine rings is 1. The predicted octanol–water partition coefficient (Wildman–Crippen LogP) is -1.67. The number of nitrogens with zero attached hydrogens (tertiary/aromatic N) is 1. The SMILES string of the molecule is BrC[n+]1ccccc1.[Br-]. The Hall–Kier alpha value is 0.110. The number of alkyl halides is 1. The molecule has 0 amide bonds. The molecule has 0 bridgehead atoms. The van der Waals surface area contributed by atoms with Crippen molar-refractivity contribution < 1.29 is 21.5 Å². The Bertz CT molecular complexity index is 152. The standard InChI is InChI=1S/C6H7BrN.BrH/c7-6-8-4-2-1-3-5-8;/h1-5H,6H2;1H/q+1;/p-1. The average molecular weight is 253 g/mol. The maximum absolute atomic E-state index is 3.32. The highest BCUT2D eigenvalue weighted by Crippen LogP contribution is 1.80. The number of aromatic nitrogens is 1. The molecule has 0 saturated heterocycles. The lowest BCUT2D eigenvalue weighted by molar-refractivity contribution is -0.674. The van der Waals surface area contributed by atoms with E-state index in [2.05, 4.69) is 15.9 Å². The van der Waals surface area contributed by atoms with E-state index in [1.165, 1.54) is 0 Å². The van der Waals surface area contributed by atoms with Crippen LogP contribution in [0.15, 0.2) is 30.6 Å². The number of hydrogen-bond acceptors (Lipinski definition) is 0. The van der Waals surface area contributed by atoms with Gasteiger partial charge in [0, 0.05) is 12.1 Å². The van der Waals surface area contributed by atoms with Crippen LogP contribution in [-0.2, 0) is 5.45 Å². The molecule has 0 atom stereocenters. The lowest BCUT2D eigenvalue weighted by Gasteiger charge is -1.83. The van der Waals surface area contributed by atoms with Gasteiger partial charge in [-0.05, 0) is 15.9 Å². The third kappa shape index (κ3) is 2.96. The summed E-state index contributed by atoms with van der Waals surface area (Å²) in [7, 11) is 0. The largest absolute Gasteiger partial charge is 1.00 e. The fourth-order valence-corrected chi connectivity index (χ4v) is 0.848. The van der Waals surface area contributed by atoms with Crippen LogP contribution in [0.3, 0.4) is 0 Å². The van der Waals surface area contributed by atoms with Crippen LogP contribution in [0.25, 0.3) is 0 Å². The summed E-state index contributed by atoms with van der Waals surface area (Å²) in [5, 5.41) is 0. The first-order valence-electron chi connectivity index (χ1n) is 2.43. The minimum absolute atomic E-state index is 0. The maximum atomic E-state index is 3.32. The Morgan fingerprint density at radius 2 is 1.67 bits per heavy atom. The Labute approximate surface area is 73.6 Å². The molecule has 0 spiro atoms. The van der Waals surface area contributed by atoms with E-state index < -0.39 is 0 Å². The van der Waals surface area contributed by atoms with E-state index in [0.29, 0.717) is 0 Å². The number of hydrogen-bond donors (Lipinski definition) is 0. The fourth-order valence-electron chi connectivity index (χ4n) is 0.514. The minimum atomic E-state index is 0. The molecule has 0 radical (unpaired) electrons. The normalized spacial score (nSPS) is 8.11. The van der Waals surface area contributed by atoms with Gasteiger partial charge in [0.1, 0.15) is 0 Å². The maximum Gasteiger partial charge on any atom is 0.202 e. The summed E-state index contributed by atoms with van der Waals surface area (Å²) in [6, 6.07) is 6.00. The average Bonchev–Trinajstić information content (AvgIpc) is 1.90. The van der Waals surface area contributed by atoms with Crippen molar-refractivity contribution in [3.8, 4) is 0 Å². The quantitative estimate of drug-likeness (QED) is 0.416. The van der Waals surface area contributed by atoms with Crippen molar-refractivity contribution in [3.05, 3.63) is 30.6 Å². The van der Waals surface area contributed by atoms with Crippen molar-refractivity contribution in [1.82, 2.24) is 0 Å². The van der Waals surface area contributed by atoms with Crippen molar-refractivity contribution >= 4 is 15.9 Å². The van der Waals surface area contributed by atoms with Gasteiger partial charge in [0.2, 0.25) is 5.45 Å². The zero-order valence-corrected chi connectivity index (χ0v) is 7.97. The van der Waals surface area contributed by atoms with Gasteiger partial charge >= 0.3 is 0 Å². The molecule has 1 aromatic rings. The van der Waals surface area contributed by atoms with E-state index in [-0.39, 0.29) is 17.0 Å². The van der Waals surface area contributed by atoms with Crippen molar-refractivity contribution in [3.63, 3.8) is 0 Å². The molecule has 0 aliphatic heterocycles.